The zero-order chi connectivity index (χ0) is 22.7. The minimum Gasteiger partial charge on any atom is -0.387 e. The van der Waals surface area contributed by atoms with Gasteiger partial charge in [0.05, 0.1) is 11.4 Å². The van der Waals surface area contributed by atoms with E-state index in [1.165, 1.54) is 11.3 Å². The van der Waals surface area contributed by atoms with E-state index in [4.69, 9.17) is 4.42 Å². The number of aromatic nitrogens is 2. The van der Waals surface area contributed by atoms with Gasteiger partial charge in [0.2, 0.25) is 11.8 Å². The van der Waals surface area contributed by atoms with Crippen molar-refractivity contribution in [2.24, 2.45) is 0 Å². The molecule has 10 heteroatoms. The lowest BCUT2D eigenvalue weighted by molar-refractivity contribution is -0.134. The Balaban J connectivity index is 1.28. The minimum absolute atomic E-state index is 0.0718. The van der Waals surface area contributed by atoms with Gasteiger partial charge in [0, 0.05) is 31.9 Å². The number of hydrogen-bond donors (Lipinski definition) is 1. The van der Waals surface area contributed by atoms with Gasteiger partial charge in [-0.1, -0.05) is 24.3 Å². The number of para-hydroxylation sites is 1. The summed E-state index contributed by atoms with van der Waals surface area (Å²) in [7, 11) is 0. The first-order valence-electron chi connectivity index (χ1n) is 10.4. The van der Waals surface area contributed by atoms with E-state index in [1.807, 2.05) is 48.4 Å². The van der Waals surface area contributed by atoms with E-state index in [0.717, 1.165) is 26.4 Å². The SMILES string of the molecule is Cc1cccc(C)c1NC(=O)CN1CCN(C(=O)Cn2nc(-c3cccs3)oc2=O)CC1. The Morgan fingerprint density at radius 2 is 1.78 bits per heavy atom. The second-order valence-corrected chi connectivity index (χ2v) is 8.73. The molecular weight excluding hydrogens is 430 g/mol. The lowest BCUT2D eigenvalue weighted by Crippen LogP contribution is -2.51. The standard InChI is InChI=1S/C22H25N5O4S/c1-15-5-3-6-16(2)20(15)23-18(28)13-25-8-10-26(11-9-25)19(29)14-27-22(30)31-21(24-27)17-7-4-12-32-17/h3-7,12H,8-11,13-14H2,1-2H3,(H,23,28). The van der Waals surface area contributed by atoms with Crippen LogP contribution in [0.5, 0.6) is 0 Å². The van der Waals surface area contributed by atoms with Crippen molar-refractivity contribution in [1.29, 1.82) is 0 Å². The zero-order valence-corrected chi connectivity index (χ0v) is 18.9. The summed E-state index contributed by atoms with van der Waals surface area (Å²) in [4.78, 5) is 41.6. The molecule has 3 heterocycles. The number of piperazine rings is 1. The van der Waals surface area contributed by atoms with Crippen LogP contribution in [0.15, 0.2) is 44.9 Å². The van der Waals surface area contributed by atoms with Crippen LogP contribution >= 0.6 is 11.3 Å². The molecular formula is C22H25N5O4S. The first-order valence-corrected chi connectivity index (χ1v) is 11.3. The summed E-state index contributed by atoms with van der Waals surface area (Å²) < 4.78 is 6.21. The van der Waals surface area contributed by atoms with Gasteiger partial charge in [-0.15, -0.1) is 16.4 Å². The molecule has 1 saturated heterocycles. The van der Waals surface area contributed by atoms with Gasteiger partial charge >= 0.3 is 5.76 Å². The fourth-order valence-electron chi connectivity index (χ4n) is 3.68. The molecule has 32 heavy (non-hydrogen) atoms. The summed E-state index contributed by atoms with van der Waals surface area (Å²) in [6, 6.07) is 9.55. The number of nitrogens with one attached hydrogen (secondary N) is 1. The van der Waals surface area contributed by atoms with Crippen molar-refractivity contribution in [1.82, 2.24) is 19.6 Å². The quantitative estimate of drug-likeness (QED) is 0.610. The van der Waals surface area contributed by atoms with Crippen LogP contribution in [0.1, 0.15) is 11.1 Å². The Labute approximate surface area is 189 Å². The molecule has 0 bridgehead atoms. The first kappa shape index (κ1) is 22.0. The molecule has 4 rings (SSSR count). The summed E-state index contributed by atoms with van der Waals surface area (Å²) >= 11 is 1.41. The topological polar surface area (TPSA) is 101 Å². The van der Waals surface area contributed by atoms with E-state index in [2.05, 4.69) is 10.4 Å². The Morgan fingerprint density at radius 3 is 2.44 bits per heavy atom. The highest BCUT2D eigenvalue weighted by molar-refractivity contribution is 7.13. The third-order valence-corrected chi connectivity index (χ3v) is 6.32. The first-order chi connectivity index (χ1) is 15.4. The number of benzene rings is 1. The highest BCUT2D eigenvalue weighted by atomic mass is 32.1. The second kappa shape index (κ2) is 9.49. The number of carbonyl (C=O) groups excluding carboxylic acids is 2. The molecule has 1 aliphatic rings. The molecule has 0 radical (unpaired) electrons. The number of rotatable bonds is 6. The van der Waals surface area contributed by atoms with Crippen LogP contribution in [0.25, 0.3) is 10.8 Å². The molecule has 0 spiro atoms. The van der Waals surface area contributed by atoms with E-state index in [-0.39, 0.29) is 30.8 Å². The van der Waals surface area contributed by atoms with E-state index in [9.17, 15) is 14.4 Å². The van der Waals surface area contributed by atoms with Gasteiger partial charge in [-0.2, -0.15) is 4.68 Å². The van der Waals surface area contributed by atoms with E-state index in [0.29, 0.717) is 26.2 Å². The fraction of sp³-hybridized carbons (Fsp3) is 0.364. The molecule has 1 N–H and O–H groups in total. The van der Waals surface area contributed by atoms with Gasteiger partial charge in [0.15, 0.2) is 0 Å². The number of nitrogens with zero attached hydrogens (tertiary/aromatic N) is 4. The summed E-state index contributed by atoms with van der Waals surface area (Å²) in [5.41, 5.74) is 2.91. The summed E-state index contributed by atoms with van der Waals surface area (Å²) in [6.45, 7) is 6.18. The monoisotopic (exact) mass is 455 g/mol. The maximum Gasteiger partial charge on any atom is 0.437 e. The number of carbonyl (C=O) groups is 2. The highest BCUT2D eigenvalue weighted by Crippen LogP contribution is 2.21. The number of thiophene rings is 1. The average Bonchev–Trinajstić information content (AvgIpc) is 3.42. The number of hydrogen-bond acceptors (Lipinski definition) is 7. The molecule has 1 aliphatic heterocycles. The molecule has 1 fully saturated rings. The van der Waals surface area contributed by atoms with Gasteiger partial charge in [-0.3, -0.25) is 14.5 Å². The summed E-state index contributed by atoms with van der Waals surface area (Å²) in [5, 5.41) is 8.99. The van der Waals surface area contributed by atoms with Gasteiger partial charge in [-0.05, 0) is 36.4 Å². The van der Waals surface area contributed by atoms with Crippen molar-refractivity contribution in [2.75, 3.05) is 38.0 Å². The minimum atomic E-state index is -0.649. The van der Waals surface area contributed by atoms with Crippen LogP contribution in [0.2, 0.25) is 0 Å². The average molecular weight is 456 g/mol. The molecule has 3 aromatic rings. The molecule has 0 aliphatic carbocycles. The molecule has 1 aromatic carbocycles. The van der Waals surface area contributed by atoms with Gasteiger partial charge in [0.25, 0.3) is 5.89 Å². The van der Waals surface area contributed by atoms with E-state index >= 15 is 0 Å². The van der Waals surface area contributed by atoms with Gasteiger partial charge < -0.3 is 14.6 Å². The fourth-order valence-corrected chi connectivity index (χ4v) is 4.33. The normalized spacial score (nSPS) is 14.5. The molecule has 9 nitrogen and oxygen atoms in total. The number of amides is 2. The van der Waals surface area contributed by atoms with Crippen LogP contribution in [0.3, 0.4) is 0 Å². The number of aryl methyl sites for hydroxylation is 2. The predicted octanol–water partition coefficient (Wildman–Crippen LogP) is 1.96. The maximum atomic E-state index is 12.6. The maximum absolute atomic E-state index is 12.6. The Morgan fingerprint density at radius 1 is 1.06 bits per heavy atom. The number of anilines is 1. The third-order valence-electron chi connectivity index (χ3n) is 5.46. The van der Waals surface area contributed by atoms with Crippen LogP contribution in [0.4, 0.5) is 5.69 Å². The summed E-state index contributed by atoms with van der Waals surface area (Å²) in [5.74, 6) is -0.698. The van der Waals surface area contributed by atoms with E-state index in [1.54, 1.807) is 11.0 Å². The van der Waals surface area contributed by atoms with Crippen LogP contribution < -0.4 is 11.1 Å². The summed E-state index contributed by atoms with van der Waals surface area (Å²) in [6.07, 6.45) is 0. The largest absolute Gasteiger partial charge is 0.437 e. The second-order valence-electron chi connectivity index (χ2n) is 7.78. The van der Waals surface area contributed by atoms with Crippen molar-refractivity contribution in [3.8, 4) is 10.8 Å². The predicted molar refractivity (Wildman–Crippen MR) is 122 cm³/mol. The molecule has 168 valence electrons. The zero-order valence-electron chi connectivity index (χ0n) is 18.0. The van der Waals surface area contributed by atoms with Crippen molar-refractivity contribution in [3.05, 3.63) is 57.4 Å². The van der Waals surface area contributed by atoms with Gasteiger partial charge in [-0.25, -0.2) is 4.79 Å². The highest BCUT2D eigenvalue weighted by Gasteiger charge is 2.24. The van der Waals surface area contributed by atoms with Crippen molar-refractivity contribution in [3.63, 3.8) is 0 Å². The Kier molecular flexibility index (Phi) is 6.52. The molecule has 2 aromatic heterocycles. The van der Waals surface area contributed by atoms with Crippen LogP contribution in [0, 0.1) is 13.8 Å². The Hall–Kier alpha value is -3.24. The Bertz CT molecular complexity index is 1140. The van der Waals surface area contributed by atoms with Crippen molar-refractivity contribution in [2.45, 2.75) is 20.4 Å². The van der Waals surface area contributed by atoms with Crippen molar-refractivity contribution < 1.29 is 14.0 Å². The van der Waals surface area contributed by atoms with Crippen molar-refractivity contribution >= 4 is 28.8 Å². The van der Waals surface area contributed by atoms with Gasteiger partial charge in [0.1, 0.15) is 6.54 Å². The molecule has 2 amide bonds. The smallest absolute Gasteiger partial charge is 0.387 e. The third kappa shape index (κ3) is 4.97. The molecule has 0 saturated carbocycles. The van der Waals surface area contributed by atoms with Crippen LogP contribution in [-0.2, 0) is 16.1 Å². The van der Waals surface area contributed by atoms with E-state index < -0.39 is 5.76 Å². The van der Waals surface area contributed by atoms with Crippen LogP contribution in [-0.4, -0.2) is 64.1 Å². The molecule has 0 atom stereocenters. The lowest BCUT2D eigenvalue weighted by atomic mass is 10.1. The lowest BCUT2D eigenvalue weighted by Gasteiger charge is -2.34. The molecule has 0 unspecified atom stereocenters.